The first-order chi connectivity index (χ1) is 14.1. The lowest BCUT2D eigenvalue weighted by atomic mass is 10.1. The lowest BCUT2D eigenvalue weighted by Crippen LogP contribution is -2.31. The van der Waals surface area contributed by atoms with Gasteiger partial charge in [0.1, 0.15) is 5.75 Å². The van der Waals surface area contributed by atoms with Crippen molar-refractivity contribution >= 4 is 45.0 Å². The van der Waals surface area contributed by atoms with E-state index in [-0.39, 0.29) is 11.2 Å². The summed E-state index contributed by atoms with van der Waals surface area (Å²) in [7, 11) is 1.64. The van der Waals surface area contributed by atoms with Gasteiger partial charge in [0.2, 0.25) is 5.91 Å². The number of amidine groups is 1. The molecule has 1 aliphatic rings. The number of unbranched alkanes of at least 4 members (excludes halogenated alkanes) is 1. The van der Waals surface area contributed by atoms with Crippen molar-refractivity contribution in [2.24, 2.45) is 10.2 Å². The van der Waals surface area contributed by atoms with Crippen molar-refractivity contribution in [1.82, 2.24) is 4.90 Å². The maximum Gasteiger partial charge on any atom is 0.242 e. The Kier molecular flexibility index (Phi) is 7.89. The number of amides is 1. The fraction of sp³-hybridized carbons (Fsp3) is 0.318. The first kappa shape index (κ1) is 21.6. The van der Waals surface area contributed by atoms with Crippen molar-refractivity contribution in [3.63, 3.8) is 0 Å². The molecule has 0 bridgehead atoms. The van der Waals surface area contributed by atoms with Crippen molar-refractivity contribution in [3.8, 4) is 5.75 Å². The number of benzene rings is 2. The molecule has 0 saturated carbocycles. The van der Waals surface area contributed by atoms with Gasteiger partial charge in [0.25, 0.3) is 0 Å². The Labute approximate surface area is 184 Å². The molecular weight excluding hydrogens is 450 g/mol. The van der Waals surface area contributed by atoms with Crippen LogP contribution in [-0.4, -0.2) is 34.5 Å². The van der Waals surface area contributed by atoms with Crippen LogP contribution < -0.4 is 4.74 Å². The number of thioether (sulfide) groups is 1. The average Bonchev–Trinajstić information content (AvgIpc) is 3.03. The minimum Gasteiger partial charge on any atom is -0.497 e. The largest absolute Gasteiger partial charge is 0.497 e. The zero-order valence-electron chi connectivity index (χ0n) is 16.5. The molecule has 2 aromatic rings. The van der Waals surface area contributed by atoms with Crippen LogP contribution in [-0.2, 0) is 11.3 Å². The first-order valence-corrected chi connectivity index (χ1v) is 11.3. The summed E-state index contributed by atoms with van der Waals surface area (Å²) >= 11 is 4.93. The molecule has 1 saturated heterocycles. The number of hydrogen-bond donors (Lipinski definition) is 0. The summed E-state index contributed by atoms with van der Waals surface area (Å²) < 4.78 is 6.23. The van der Waals surface area contributed by atoms with Gasteiger partial charge in [-0.1, -0.05) is 71.7 Å². The standard InChI is InChI=1S/C22H24BrN3O2S/c1-3-4-5-20-21(27)26(15-17-8-12-19(28-2)13-9-17)22(29-20)25-24-14-16-6-10-18(23)11-7-16/h6-14,20H,3-5,15H2,1-2H3/b24-14-,25-22-/t20-/m1/s1. The molecule has 1 fully saturated rings. The minimum atomic E-state index is -0.0881. The van der Waals surface area contributed by atoms with Crippen molar-refractivity contribution in [3.05, 3.63) is 64.1 Å². The molecule has 0 spiro atoms. The van der Waals surface area contributed by atoms with Crippen molar-refractivity contribution < 1.29 is 9.53 Å². The van der Waals surface area contributed by atoms with Crippen molar-refractivity contribution in [2.45, 2.75) is 38.0 Å². The highest BCUT2D eigenvalue weighted by Crippen LogP contribution is 2.32. The molecule has 1 heterocycles. The van der Waals surface area contributed by atoms with E-state index in [0.29, 0.717) is 11.7 Å². The van der Waals surface area contributed by atoms with Crippen LogP contribution in [0, 0.1) is 0 Å². The number of ether oxygens (including phenoxy) is 1. The van der Waals surface area contributed by atoms with Gasteiger partial charge >= 0.3 is 0 Å². The highest BCUT2D eigenvalue weighted by Gasteiger charge is 2.37. The third kappa shape index (κ3) is 5.93. The van der Waals surface area contributed by atoms with Crippen LogP contribution in [0.25, 0.3) is 0 Å². The number of hydrogen-bond acceptors (Lipinski definition) is 5. The third-order valence-electron chi connectivity index (χ3n) is 4.56. The van der Waals surface area contributed by atoms with E-state index < -0.39 is 0 Å². The summed E-state index contributed by atoms with van der Waals surface area (Å²) in [6.45, 7) is 2.61. The molecule has 152 valence electrons. The number of nitrogens with zero attached hydrogens (tertiary/aromatic N) is 3. The molecule has 0 N–H and O–H groups in total. The molecule has 5 nitrogen and oxygen atoms in total. The molecule has 2 aromatic carbocycles. The summed E-state index contributed by atoms with van der Waals surface area (Å²) in [6.07, 6.45) is 4.65. The number of methoxy groups -OCH3 is 1. The maximum atomic E-state index is 13.0. The van der Waals surface area contributed by atoms with Gasteiger partial charge in [0.05, 0.1) is 25.1 Å². The van der Waals surface area contributed by atoms with Gasteiger partial charge in [-0.15, -0.1) is 5.10 Å². The van der Waals surface area contributed by atoms with Crippen molar-refractivity contribution in [2.75, 3.05) is 7.11 Å². The van der Waals surface area contributed by atoms with Crippen LogP contribution in [0.1, 0.15) is 37.3 Å². The van der Waals surface area contributed by atoms with E-state index in [4.69, 9.17) is 4.74 Å². The number of halogens is 1. The average molecular weight is 474 g/mol. The smallest absolute Gasteiger partial charge is 0.242 e. The molecule has 29 heavy (non-hydrogen) atoms. The lowest BCUT2D eigenvalue weighted by Gasteiger charge is -2.16. The summed E-state index contributed by atoms with van der Waals surface area (Å²) in [4.78, 5) is 14.7. The van der Waals surface area contributed by atoms with Gasteiger partial charge in [-0.05, 0) is 41.8 Å². The molecule has 0 aliphatic carbocycles. The Morgan fingerprint density at radius 3 is 2.55 bits per heavy atom. The molecule has 3 rings (SSSR count). The second-order valence-electron chi connectivity index (χ2n) is 6.70. The molecule has 0 aromatic heterocycles. The van der Waals surface area contributed by atoms with Gasteiger partial charge in [0.15, 0.2) is 5.17 Å². The number of carbonyl (C=O) groups excluding carboxylic acids is 1. The van der Waals surface area contributed by atoms with E-state index in [1.165, 1.54) is 11.8 Å². The normalized spacial score (nSPS) is 18.2. The zero-order chi connectivity index (χ0) is 20.6. The Hall–Kier alpha value is -2.12. The number of carbonyl (C=O) groups is 1. The van der Waals surface area contributed by atoms with Gasteiger partial charge in [-0.2, -0.15) is 5.10 Å². The van der Waals surface area contributed by atoms with Gasteiger partial charge in [-0.25, -0.2) is 0 Å². The summed E-state index contributed by atoms with van der Waals surface area (Å²) in [5.41, 5.74) is 1.98. The van der Waals surface area contributed by atoms with Crippen LogP contribution in [0.5, 0.6) is 5.75 Å². The predicted octanol–water partition coefficient (Wildman–Crippen LogP) is 5.48. The van der Waals surface area contributed by atoms with Crippen LogP contribution in [0.3, 0.4) is 0 Å². The van der Waals surface area contributed by atoms with E-state index in [1.54, 1.807) is 18.2 Å². The van der Waals surface area contributed by atoms with Crippen LogP contribution in [0.2, 0.25) is 0 Å². The molecule has 0 radical (unpaired) electrons. The summed E-state index contributed by atoms with van der Waals surface area (Å²) in [5, 5.41) is 9.18. The predicted molar refractivity (Wildman–Crippen MR) is 124 cm³/mol. The third-order valence-corrected chi connectivity index (χ3v) is 6.32. The highest BCUT2D eigenvalue weighted by molar-refractivity contribution is 9.10. The SMILES string of the molecule is CCCC[C@H]1S/C(=N\N=C/c2ccc(Br)cc2)N(Cc2ccc(OC)cc2)C1=O. The monoisotopic (exact) mass is 473 g/mol. The summed E-state index contributed by atoms with van der Waals surface area (Å²) in [5.74, 6) is 0.904. The minimum absolute atomic E-state index is 0.0881. The fourth-order valence-electron chi connectivity index (χ4n) is 2.91. The Bertz CT molecular complexity index is 882. The van der Waals surface area contributed by atoms with Crippen molar-refractivity contribution in [1.29, 1.82) is 0 Å². The number of rotatable bonds is 8. The van der Waals surface area contributed by atoms with E-state index in [1.807, 2.05) is 48.5 Å². The van der Waals surface area contributed by atoms with E-state index in [9.17, 15) is 4.79 Å². The van der Waals surface area contributed by atoms with E-state index >= 15 is 0 Å². The van der Waals surface area contributed by atoms with E-state index in [0.717, 1.165) is 40.6 Å². The van der Waals surface area contributed by atoms with Gasteiger partial charge < -0.3 is 4.74 Å². The lowest BCUT2D eigenvalue weighted by molar-refractivity contribution is -0.126. The highest BCUT2D eigenvalue weighted by atomic mass is 79.9. The topological polar surface area (TPSA) is 54.3 Å². The maximum absolute atomic E-state index is 13.0. The Morgan fingerprint density at radius 2 is 1.90 bits per heavy atom. The molecule has 1 aliphatic heterocycles. The molecule has 7 heteroatoms. The van der Waals surface area contributed by atoms with Crippen LogP contribution in [0.15, 0.2) is 63.2 Å². The van der Waals surface area contributed by atoms with Gasteiger partial charge in [0, 0.05) is 4.47 Å². The summed E-state index contributed by atoms with van der Waals surface area (Å²) in [6, 6.07) is 15.6. The van der Waals surface area contributed by atoms with Crippen LogP contribution in [0.4, 0.5) is 0 Å². The second-order valence-corrected chi connectivity index (χ2v) is 8.79. The Balaban J connectivity index is 1.78. The quantitative estimate of drug-likeness (QED) is 0.376. The first-order valence-electron chi connectivity index (χ1n) is 9.58. The zero-order valence-corrected chi connectivity index (χ0v) is 18.9. The Morgan fingerprint density at radius 1 is 1.17 bits per heavy atom. The molecule has 1 amide bonds. The second kappa shape index (κ2) is 10.6. The van der Waals surface area contributed by atoms with Crippen LogP contribution >= 0.6 is 27.7 Å². The fourth-order valence-corrected chi connectivity index (χ4v) is 4.32. The molecule has 1 atom stereocenters. The van der Waals surface area contributed by atoms with E-state index in [2.05, 4.69) is 33.1 Å². The molecule has 0 unspecified atom stereocenters. The van der Waals surface area contributed by atoms with Gasteiger partial charge in [-0.3, -0.25) is 9.69 Å². The molecular formula is C22H24BrN3O2S.